The van der Waals surface area contributed by atoms with Crippen molar-refractivity contribution in [2.45, 2.75) is 77.5 Å². The molecule has 4 aromatic rings. The molecule has 5 rings (SSSR count). The van der Waals surface area contributed by atoms with E-state index in [9.17, 15) is 14.9 Å². The highest BCUT2D eigenvalue weighted by molar-refractivity contribution is 7.50. The van der Waals surface area contributed by atoms with Gasteiger partial charge in [0.25, 0.3) is 5.56 Å². The lowest BCUT2D eigenvalue weighted by molar-refractivity contribution is -0.0836. The highest BCUT2D eigenvalue weighted by Gasteiger charge is 2.44. The Morgan fingerprint density at radius 1 is 0.961 bits per heavy atom. The second kappa shape index (κ2) is 17.4. The first kappa shape index (κ1) is 38.1. The Labute approximate surface area is 301 Å². The minimum absolute atomic E-state index is 0.0811. The van der Waals surface area contributed by atoms with Crippen molar-refractivity contribution in [3.8, 4) is 11.8 Å². The van der Waals surface area contributed by atoms with Gasteiger partial charge in [-0.3, -0.25) is 19.0 Å². The van der Waals surface area contributed by atoms with E-state index in [1.807, 2.05) is 60.7 Å². The Morgan fingerprint density at radius 2 is 1.55 bits per heavy atom. The zero-order chi connectivity index (χ0) is 36.5. The average molecular weight is 713 g/mol. The molecule has 270 valence electrons. The minimum Gasteiger partial charge on any atom is -0.497 e. The topological polar surface area (TPSA) is 119 Å². The number of methoxy groups -OCH3 is 1. The minimum atomic E-state index is -1.15. The van der Waals surface area contributed by atoms with E-state index in [1.54, 1.807) is 20.2 Å². The molecular formula is C40H49N4O6P. The van der Waals surface area contributed by atoms with E-state index < -0.39 is 37.5 Å². The van der Waals surface area contributed by atoms with Crippen molar-refractivity contribution < 1.29 is 18.7 Å². The highest BCUT2D eigenvalue weighted by atomic mass is 31.2. The lowest BCUT2D eigenvalue weighted by Gasteiger charge is -2.39. The summed E-state index contributed by atoms with van der Waals surface area (Å²) < 4.78 is 29.9. The Hall–Kier alpha value is -4.10. The molecule has 0 amide bonds. The first-order chi connectivity index (χ1) is 24.6. The molecule has 11 heteroatoms. The molecule has 2 heterocycles. The molecule has 1 unspecified atom stereocenters. The van der Waals surface area contributed by atoms with E-state index >= 15 is 0 Å². The lowest BCUT2D eigenvalue weighted by atomic mass is 9.80. The van der Waals surface area contributed by atoms with Crippen LogP contribution in [0.15, 0.2) is 101 Å². The van der Waals surface area contributed by atoms with Crippen LogP contribution in [0.2, 0.25) is 0 Å². The number of rotatable bonds is 16. The standard InChI is InChI=1S/C40H49N4O6P/c1-28(2)44(29(3)4)51(49-23-13-22-41)27-31-24-37(43-25-30(5)38(45)42-39(43)46)50-36(31)26-48-40(32-14-9-7-10-15-32,33-16-11-8-12-17-33)34-18-20-35(47-6)21-19-34/h7-12,14-21,25,28-29,31,36-37H,13,23-24,26-27H2,1-6H3,(H,42,45,46)/t31-,36-,37-,51?/m1/s1. The SMILES string of the molecule is COc1ccc(C(OC[C@H]2O[C@@H](n3cc(C)c(=O)[nH]c3=O)C[C@@H]2CP(OCCC#N)N(C(C)C)C(C)C)(c2ccccc2)c2ccccc2)cc1. The summed E-state index contributed by atoms with van der Waals surface area (Å²) in [5.74, 6) is 0.657. The molecule has 1 fully saturated rings. The van der Waals surface area contributed by atoms with Gasteiger partial charge in [-0.2, -0.15) is 5.26 Å². The van der Waals surface area contributed by atoms with E-state index in [0.717, 1.165) is 22.4 Å². The van der Waals surface area contributed by atoms with E-state index in [1.165, 1.54) is 4.57 Å². The summed E-state index contributed by atoms with van der Waals surface area (Å²) >= 11 is 0. The Morgan fingerprint density at radius 3 is 2.10 bits per heavy atom. The molecule has 51 heavy (non-hydrogen) atoms. The van der Waals surface area contributed by atoms with Gasteiger partial charge in [-0.05, 0) is 75.8 Å². The monoisotopic (exact) mass is 712 g/mol. The van der Waals surface area contributed by atoms with Crippen molar-refractivity contribution in [3.63, 3.8) is 0 Å². The van der Waals surface area contributed by atoms with E-state index in [0.29, 0.717) is 31.2 Å². The molecule has 0 spiro atoms. The van der Waals surface area contributed by atoms with Crippen molar-refractivity contribution in [1.82, 2.24) is 14.2 Å². The smallest absolute Gasteiger partial charge is 0.330 e. The van der Waals surface area contributed by atoms with Gasteiger partial charge in [-0.25, -0.2) is 4.79 Å². The molecule has 3 aromatic carbocycles. The summed E-state index contributed by atoms with van der Waals surface area (Å²) in [6.07, 6.45) is 1.95. The van der Waals surface area contributed by atoms with Gasteiger partial charge in [0.15, 0.2) is 0 Å². The number of nitrogens with one attached hydrogen (secondary N) is 1. The zero-order valence-corrected chi connectivity index (χ0v) is 31.2. The van der Waals surface area contributed by atoms with E-state index in [-0.39, 0.29) is 24.6 Å². The van der Waals surface area contributed by atoms with Crippen molar-refractivity contribution in [1.29, 1.82) is 5.26 Å². The van der Waals surface area contributed by atoms with Crippen LogP contribution in [0, 0.1) is 24.2 Å². The largest absolute Gasteiger partial charge is 0.497 e. The summed E-state index contributed by atoms with van der Waals surface area (Å²) in [5.41, 5.74) is 1.30. The summed E-state index contributed by atoms with van der Waals surface area (Å²) in [6, 6.07) is 30.8. The number of hydrogen-bond acceptors (Lipinski definition) is 8. The van der Waals surface area contributed by atoms with Crippen LogP contribution in [0.3, 0.4) is 0 Å². The second-order valence-corrected chi connectivity index (χ2v) is 15.2. The average Bonchev–Trinajstić information content (AvgIpc) is 3.53. The van der Waals surface area contributed by atoms with Gasteiger partial charge in [0.1, 0.15) is 25.9 Å². The normalized spacial score (nSPS) is 18.3. The fourth-order valence-electron chi connectivity index (χ4n) is 6.98. The predicted molar refractivity (Wildman–Crippen MR) is 200 cm³/mol. The van der Waals surface area contributed by atoms with Crippen LogP contribution in [-0.4, -0.2) is 58.9 Å². The summed E-state index contributed by atoms with van der Waals surface area (Å²) in [4.78, 5) is 27.9. The number of aromatic nitrogens is 2. The fourth-order valence-corrected chi connectivity index (χ4v) is 9.52. The van der Waals surface area contributed by atoms with Crippen molar-refractivity contribution in [2.75, 3.05) is 26.5 Å². The van der Waals surface area contributed by atoms with Gasteiger partial charge >= 0.3 is 5.69 Å². The van der Waals surface area contributed by atoms with Crippen molar-refractivity contribution in [2.24, 2.45) is 5.92 Å². The van der Waals surface area contributed by atoms with Gasteiger partial charge in [0.2, 0.25) is 0 Å². The third-order valence-corrected chi connectivity index (χ3v) is 12.0. The molecule has 1 saturated heterocycles. The number of ether oxygens (including phenoxy) is 3. The molecule has 10 nitrogen and oxygen atoms in total. The highest BCUT2D eigenvalue weighted by Crippen LogP contribution is 2.51. The maximum atomic E-state index is 13.1. The summed E-state index contributed by atoms with van der Waals surface area (Å²) in [7, 11) is 0.500. The van der Waals surface area contributed by atoms with Crippen LogP contribution in [0.4, 0.5) is 0 Å². The number of nitrogens with zero attached hydrogens (tertiary/aromatic N) is 3. The molecular weight excluding hydrogens is 663 g/mol. The number of aromatic amines is 1. The van der Waals surface area contributed by atoms with Crippen LogP contribution in [0.5, 0.6) is 5.75 Å². The van der Waals surface area contributed by atoms with Gasteiger partial charge < -0.3 is 18.7 Å². The van der Waals surface area contributed by atoms with Crippen molar-refractivity contribution >= 4 is 8.30 Å². The summed E-state index contributed by atoms with van der Waals surface area (Å²) in [6.45, 7) is 10.8. The zero-order valence-electron chi connectivity index (χ0n) is 30.3. The van der Waals surface area contributed by atoms with Crippen molar-refractivity contribution in [3.05, 3.63) is 134 Å². The molecule has 4 atom stereocenters. The first-order valence-electron chi connectivity index (χ1n) is 17.5. The molecule has 1 aliphatic heterocycles. The van der Waals surface area contributed by atoms with Gasteiger partial charge in [-0.1, -0.05) is 72.8 Å². The Balaban J connectivity index is 1.58. The number of aryl methyl sites for hydroxylation is 1. The molecule has 1 aromatic heterocycles. The first-order valence-corrected chi connectivity index (χ1v) is 18.9. The van der Waals surface area contributed by atoms with Crippen LogP contribution >= 0.6 is 8.30 Å². The van der Waals surface area contributed by atoms with Crippen LogP contribution in [-0.2, 0) is 19.6 Å². The van der Waals surface area contributed by atoms with Gasteiger partial charge in [0, 0.05) is 30.0 Å². The number of benzene rings is 3. The lowest BCUT2D eigenvalue weighted by Crippen LogP contribution is -2.39. The third kappa shape index (κ3) is 8.69. The third-order valence-electron chi connectivity index (χ3n) is 9.30. The maximum Gasteiger partial charge on any atom is 0.330 e. The van der Waals surface area contributed by atoms with E-state index in [4.69, 9.17) is 18.7 Å². The quantitative estimate of drug-likeness (QED) is 0.0741. The van der Waals surface area contributed by atoms with E-state index in [2.05, 4.69) is 67.7 Å². The predicted octanol–water partition coefficient (Wildman–Crippen LogP) is 7.13. The van der Waals surface area contributed by atoms with Crippen LogP contribution in [0.1, 0.15) is 69.0 Å². The molecule has 0 aliphatic carbocycles. The van der Waals surface area contributed by atoms with Crippen LogP contribution in [0.25, 0.3) is 0 Å². The molecule has 1 aliphatic rings. The molecule has 0 bridgehead atoms. The van der Waals surface area contributed by atoms with Gasteiger partial charge in [0.05, 0.1) is 38.9 Å². The Kier molecular flexibility index (Phi) is 13.0. The van der Waals surface area contributed by atoms with Gasteiger partial charge in [-0.15, -0.1) is 0 Å². The van der Waals surface area contributed by atoms with Crippen LogP contribution < -0.4 is 16.0 Å². The fraction of sp³-hybridized carbons (Fsp3) is 0.425. The molecule has 1 N–H and O–H groups in total. The number of nitriles is 1. The summed E-state index contributed by atoms with van der Waals surface area (Å²) in [5, 5.41) is 9.31. The Bertz CT molecular complexity index is 1810. The number of hydrogen-bond donors (Lipinski definition) is 1. The maximum absolute atomic E-state index is 13.1. The molecule has 0 radical (unpaired) electrons. The molecule has 0 saturated carbocycles. The number of H-pyrrole nitrogens is 1. The second-order valence-electron chi connectivity index (χ2n) is 13.4.